The van der Waals surface area contributed by atoms with Crippen molar-refractivity contribution in [3.8, 4) is 10.4 Å². The van der Waals surface area contributed by atoms with Gasteiger partial charge in [0.1, 0.15) is 29.6 Å². The molecular formula is C53H66N10O10S. The molecule has 9 rings (SSSR count). The van der Waals surface area contributed by atoms with Crippen molar-refractivity contribution in [3.63, 3.8) is 0 Å². The number of β-amino-alcohol motifs (C(OH)–C–C–N with tert-alkyl or cyclic N) is 1. The molecule has 7 atom stereocenters. The Balaban J connectivity index is 0.837. The molecule has 0 spiro atoms. The second-order valence-electron chi connectivity index (χ2n) is 21.4. The van der Waals surface area contributed by atoms with Crippen molar-refractivity contribution in [2.24, 2.45) is 5.92 Å². The molecule has 4 fully saturated rings. The maximum absolute atomic E-state index is 14.7. The van der Waals surface area contributed by atoms with Gasteiger partial charge in [0, 0.05) is 57.8 Å². The molecule has 3 aromatic heterocycles. The maximum Gasteiger partial charge on any atom is 0.408 e. The van der Waals surface area contributed by atoms with Crippen molar-refractivity contribution in [1.82, 2.24) is 45.5 Å². The number of nitrogens with one attached hydrogen (secondary N) is 2. The van der Waals surface area contributed by atoms with Gasteiger partial charge >= 0.3 is 6.09 Å². The molecule has 0 saturated carbocycles. The summed E-state index contributed by atoms with van der Waals surface area (Å²) in [4.78, 5) is 98.6. The number of likely N-dealkylation sites (tertiary alicyclic amines) is 1. The van der Waals surface area contributed by atoms with E-state index in [0.717, 1.165) is 27.3 Å². The number of thiazole rings is 1. The number of ether oxygens (including phenoxy) is 1. The van der Waals surface area contributed by atoms with Crippen LogP contribution in [0.3, 0.4) is 0 Å². The van der Waals surface area contributed by atoms with Crippen LogP contribution in [0.15, 0.2) is 63.1 Å². The van der Waals surface area contributed by atoms with Gasteiger partial charge in [-0.05, 0) is 90.0 Å². The largest absolute Gasteiger partial charge is 0.444 e. The van der Waals surface area contributed by atoms with Crippen LogP contribution in [0.1, 0.15) is 112 Å². The van der Waals surface area contributed by atoms with E-state index in [0.29, 0.717) is 68.0 Å². The molecule has 1 unspecified atom stereocenters. The Morgan fingerprint density at radius 3 is 2.30 bits per heavy atom. The number of aryl methyl sites for hydroxylation is 2. The van der Waals surface area contributed by atoms with Gasteiger partial charge in [-0.3, -0.25) is 24.0 Å². The third-order valence-corrected chi connectivity index (χ3v) is 15.6. The highest BCUT2D eigenvalue weighted by Gasteiger charge is 2.48. The number of rotatable bonds is 11. The van der Waals surface area contributed by atoms with Crippen molar-refractivity contribution < 1.29 is 47.7 Å². The first-order valence-corrected chi connectivity index (χ1v) is 26.4. The zero-order chi connectivity index (χ0) is 52.7. The van der Waals surface area contributed by atoms with Crippen LogP contribution in [0, 0.1) is 19.8 Å². The van der Waals surface area contributed by atoms with Gasteiger partial charge in [0.25, 0.3) is 5.91 Å². The van der Waals surface area contributed by atoms with Crippen LogP contribution in [0.2, 0.25) is 0 Å². The Hall–Kier alpha value is -6.87. The second kappa shape index (κ2) is 21.2. The smallest absolute Gasteiger partial charge is 0.408 e. The average Bonchev–Trinajstić information content (AvgIpc) is 4.22. The van der Waals surface area contributed by atoms with E-state index in [-0.39, 0.29) is 67.5 Å². The number of carbonyl (C=O) groups excluding carboxylic acids is 6. The SMILES string of the molecule is Cc1ccc2onc(C(=O)N3CC[C@H]4CC[C@@H](C(=O)N5CCN(c6cc(C(C(=O)N7C[C@H](O)C[C@H]7C(=O)N[C@H](C)c7ccc(-c8scnc8C)cc7)C(C)C)on6)CC5)N4C(=O)[C@@H](NC(=O)OC(C)(C)C)C3)c2c1. The molecule has 20 nitrogen and oxygen atoms in total. The predicted molar refractivity (Wildman–Crippen MR) is 274 cm³/mol. The van der Waals surface area contributed by atoms with E-state index in [1.54, 1.807) is 54.0 Å². The molecule has 4 aliphatic rings. The Morgan fingerprint density at radius 1 is 0.865 bits per heavy atom. The van der Waals surface area contributed by atoms with Gasteiger partial charge in [-0.2, -0.15) is 0 Å². The molecule has 0 aliphatic carbocycles. The number of benzene rings is 2. The first kappa shape index (κ1) is 52.0. The molecule has 7 heterocycles. The fraction of sp³-hybridized carbons (Fsp3) is 0.528. The van der Waals surface area contributed by atoms with Crippen molar-refractivity contribution in [3.05, 3.63) is 82.3 Å². The summed E-state index contributed by atoms with van der Waals surface area (Å²) in [6.07, 6.45) is -0.264. The summed E-state index contributed by atoms with van der Waals surface area (Å²) < 4.78 is 16.9. The highest BCUT2D eigenvalue weighted by atomic mass is 32.1. The Labute approximate surface area is 433 Å². The van der Waals surface area contributed by atoms with Gasteiger partial charge in [-0.15, -0.1) is 11.3 Å². The number of hydrogen-bond donors (Lipinski definition) is 3. The molecule has 4 saturated heterocycles. The number of piperazine rings is 1. The van der Waals surface area contributed by atoms with Gasteiger partial charge in [-0.25, -0.2) is 9.78 Å². The fourth-order valence-corrected chi connectivity index (χ4v) is 11.6. The van der Waals surface area contributed by atoms with Gasteiger partial charge in [0.05, 0.1) is 40.2 Å². The normalized spacial score (nSPS) is 22.4. The lowest BCUT2D eigenvalue weighted by molar-refractivity contribution is -0.147. The van der Waals surface area contributed by atoms with Gasteiger partial charge < -0.3 is 54.0 Å². The summed E-state index contributed by atoms with van der Waals surface area (Å²) in [5.41, 5.74) is 5.34. The summed E-state index contributed by atoms with van der Waals surface area (Å²) in [5.74, 6) is -2.05. The topological polar surface area (TPSA) is 237 Å². The number of carbonyl (C=O) groups is 6. The van der Waals surface area contributed by atoms with Crippen LogP contribution in [0.4, 0.5) is 10.6 Å². The molecule has 6 amide bonds. The number of nitrogens with zero attached hydrogens (tertiary/aromatic N) is 8. The predicted octanol–water partition coefficient (Wildman–Crippen LogP) is 5.58. The number of alkyl carbamates (subject to hydrolysis) is 1. The number of aromatic nitrogens is 3. The third-order valence-electron chi connectivity index (χ3n) is 14.6. The molecule has 5 aromatic rings. The van der Waals surface area contributed by atoms with Gasteiger partial charge in [0.2, 0.25) is 23.6 Å². The molecule has 21 heteroatoms. The van der Waals surface area contributed by atoms with Crippen LogP contribution in [0.25, 0.3) is 21.4 Å². The van der Waals surface area contributed by atoms with Crippen LogP contribution in [-0.2, 0) is 23.9 Å². The monoisotopic (exact) mass is 1030 g/mol. The molecular weight excluding hydrogens is 969 g/mol. The van der Waals surface area contributed by atoms with E-state index < -0.39 is 53.7 Å². The van der Waals surface area contributed by atoms with Gasteiger partial charge in [0.15, 0.2) is 22.9 Å². The lowest BCUT2D eigenvalue weighted by Crippen LogP contribution is -2.62. The average molecular weight is 1040 g/mol. The number of anilines is 1. The first-order chi connectivity index (χ1) is 35.2. The third kappa shape index (κ3) is 10.8. The molecule has 4 aliphatic heterocycles. The molecule has 394 valence electrons. The molecule has 0 bridgehead atoms. The minimum Gasteiger partial charge on any atom is -0.444 e. The Bertz CT molecular complexity index is 2900. The fourth-order valence-electron chi connectivity index (χ4n) is 10.8. The Kier molecular flexibility index (Phi) is 14.9. The number of aliphatic hydroxyl groups excluding tert-OH is 1. The summed E-state index contributed by atoms with van der Waals surface area (Å²) >= 11 is 1.57. The second-order valence-corrected chi connectivity index (χ2v) is 22.3. The summed E-state index contributed by atoms with van der Waals surface area (Å²) in [6, 6.07) is 11.5. The van der Waals surface area contributed by atoms with Crippen molar-refractivity contribution in [2.45, 2.75) is 129 Å². The zero-order valence-corrected chi connectivity index (χ0v) is 44.0. The lowest BCUT2D eigenvalue weighted by Gasteiger charge is -2.41. The Morgan fingerprint density at radius 2 is 1.61 bits per heavy atom. The van der Waals surface area contributed by atoms with Crippen LogP contribution >= 0.6 is 11.3 Å². The van der Waals surface area contributed by atoms with Crippen LogP contribution < -0.4 is 15.5 Å². The van der Waals surface area contributed by atoms with Crippen molar-refractivity contribution >= 4 is 63.8 Å². The van der Waals surface area contributed by atoms with Crippen molar-refractivity contribution in [1.29, 1.82) is 0 Å². The molecule has 2 aromatic carbocycles. The zero-order valence-electron chi connectivity index (χ0n) is 43.2. The molecule has 3 N–H and O–H groups in total. The van der Waals surface area contributed by atoms with Crippen LogP contribution in [-0.4, -0.2) is 157 Å². The minimum atomic E-state index is -1.22. The van der Waals surface area contributed by atoms with E-state index in [4.69, 9.17) is 13.8 Å². The van der Waals surface area contributed by atoms with Crippen LogP contribution in [0.5, 0.6) is 0 Å². The van der Waals surface area contributed by atoms with E-state index in [2.05, 4.69) is 25.9 Å². The highest BCUT2D eigenvalue weighted by Crippen LogP contribution is 2.36. The van der Waals surface area contributed by atoms with Gasteiger partial charge in [-0.1, -0.05) is 60.1 Å². The number of amides is 6. The summed E-state index contributed by atoms with van der Waals surface area (Å²) in [6.45, 7) is 16.2. The number of fused-ring (bicyclic) bond motifs is 2. The quantitative estimate of drug-likeness (QED) is 0.147. The first-order valence-electron chi connectivity index (χ1n) is 25.5. The van der Waals surface area contributed by atoms with E-state index in [9.17, 15) is 33.9 Å². The van der Waals surface area contributed by atoms with E-state index in [1.807, 2.05) is 81.4 Å². The summed E-state index contributed by atoms with van der Waals surface area (Å²) in [5, 5.41) is 25.6. The maximum atomic E-state index is 14.7. The van der Waals surface area contributed by atoms with E-state index >= 15 is 0 Å². The molecule has 0 radical (unpaired) electrons. The lowest BCUT2D eigenvalue weighted by atomic mass is 9.91. The highest BCUT2D eigenvalue weighted by molar-refractivity contribution is 7.13. The summed E-state index contributed by atoms with van der Waals surface area (Å²) in [7, 11) is 0. The minimum absolute atomic E-state index is 0.000603. The number of aliphatic hydroxyl groups is 1. The standard InChI is InChI=1S/C53H66N10O10S/c1-29(2)44(50(68)62-26-36(64)24-40(62)47(65)55-31(4)33-10-12-34(13-11-33)46-32(5)54-28-74-46)42-25-43(57-73-42)59-19-21-60(22-20-59)49(67)39-15-14-35-17-18-61(51(69)45-37-23-30(3)9-16-41(37)72-58-45)27-38(48(66)63(35)39)56-52(70)71-53(6,7)8/h9-13,16,23,25,28-29,31,35-36,38-40,44,64H,14-15,17-22,24,26-27H2,1-8H3,(H,55,65)(H,56,70)/t31-,35-,36-,38+,39+,40+,44?/m1/s1. The number of hydrogen-bond acceptors (Lipinski definition) is 15. The molecule has 74 heavy (non-hydrogen) atoms. The van der Waals surface area contributed by atoms with E-state index in [1.165, 1.54) is 9.80 Å². The van der Waals surface area contributed by atoms with Crippen molar-refractivity contribution in [2.75, 3.05) is 50.7 Å².